The second-order valence-corrected chi connectivity index (χ2v) is 6.45. The number of nitriles is 1. The summed E-state index contributed by atoms with van der Waals surface area (Å²) >= 11 is 0. The molecule has 2 amide bonds. The molecule has 1 aromatic heterocycles. The number of nitrogens with zero attached hydrogens (tertiary/aromatic N) is 3. The van der Waals surface area contributed by atoms with Gasteiger partial charge in [-0.1, -0.05) is 12.1 Å². The molecule has 28 heavy (non-hydrogen) atoms. The van der Waals surface area contributed by atoms with E-state index in [-0.39, 0.29) is 17.4 Å². The first-order chi connectivity index (χ1) is 13.5. The highest BCUT2D eigenvalue weighted by Crippen LogP contribution is 2.25. The van der Waals surface area contributed by atoms with Gasteiger partial charge in [-0.3, -0.25) is 9.78 Å². The van der Waals surface area contributed by atoms with Crippen molar-refractivity contribution in [1.29, 1.82) is 5.26 Å². The highest BCUT2D eigenvalue weighted by atomic mass is 16.7. The van der Waals surface area contributed by atoms with Crippen molar-refractivity contribution in [2.45, 2.75) is 25.8 Å². The summed E-state index contributed by atoms with van der Waals surface area (Å²) in [7, 11) is 1.42. The number of hydroxylamine groups is 1. The van der Waals surface area contributed by atoms with E-state index in [0.717, 1.165) is 12.8 Å². The molecule has 0 aliphatic carbocycles. The highest BCUT2D eigenvalue weighted by molar-refractivity contribution is 5.97. The molecule has 1 aliphatic heterocycles. The average Bonchev–Trinajstić information content (AvgIpc) is 3.17. The van der Waals surface area contributed by atoms with Crippen LogP contribution < -0.4 is 10.2 Å². The van der Waals surface area contributed by atoms with Gasteiger partial charge in [0.1, 0.15) is 5.75 Å². The second-order valence-electron chi connectivity index (χ2n) is 6.45. The van der Waals surface area contributed by atoms with Gasteiger partial charge >= 0.3 is 6.09 Å². The minimum atomic E-state index is -0.628. The number of hydrogen-bond acceptors (Lipinski definition) is 6. The normalized spacial score (nSPS) is 15.6. The van der Waals surface area contributed by atoms with Gasteiger partial charge in [0.05, 0.1) is 36.2 Å². The van der Waals surface area contributed by atoms with Crippen LogP contribution in [0.2, 0.25) is 0 Å². The van der Waals surface area contributed by atoms with Gasteiger partial charge in [0.25, 0.3) is 5.91 Å². The largest absolute Gasteiger partial charge is 0.494 e. The van der Waals surface area contributed by atoms with Crippen molar-refractivity contribution in [2.75, 3.05) is 13.7 Å². The van der Waals surface area contributed by atoms with E-state index in [1.807, 2.05) is 6.92 Å². The van der Waals surface area contributed by atoms with Gasteiger partial charge in [-0.2, -0.15) is 10.7 Å². The molecule has 1 aliphatic rings. The molecule has 0 bridgehead atoms. The standard InChI is InChI=1S/C20H20N4O4/c1-13-5-4-8-24(13)20(26)28-23-19(25)16-10-17(22-12-18(16)27-2)15-7-3-6-14(9-15)11-21/h3,6-7,9-10,12-13H,4-5,8H2,1-2H3,(H,23,25). The lowest BCUT2D eigenvalue weighted by atomic mass is 10.1. The summed E-state index contributed by atoms with van der Waals surface area (Å²) in [5.41, 5.74) is 3.99. The van der Waals surface area contributed by atoms with Crippen LogP contribution in [0.25, 0.3) is 11.3 Å². The third-order valence-electron chi connectivity index (χ3n) is 4.64. The van der Waals surface area contributed by atoms with Crippen LogP contribution in [0.1, 0.15) is 35.7 Å². The van der Waals surface area contributed by atoms with E-state index < -0.39 is 12.0 Å². The zero-order valence-corrected chi connectivity index (χ0v) is 15.6. The van der Waals surface area contributed by atoms with Crippen LogP contribution in [0.4, 0.5) is 4.79 Å². The number of carbonyl (C=O) groups is 2. The maximum absolute atomic E-state index is 12.6. The van der Waals surface area contributed by atoms with Crippen molar-refractivity contribution in [3.63, 3.8) is 0 Å². The number of nitrogens with one attached hydrogen (secondary N) is 1. The van der Waals surface area contributed by atoms with Crippen LogP contribution in [0.5, 0.6) is 5.75 Å². The molecule has 1 fully saturated rings. The SMILES string of the molecule is COc1cnc(-c2cccc(C#N)c2)cc1C(=O)NOC(=O)N1CCCC1C. The van der Waals surface area contributed by atoms with Crippen LogP contribution in [0.15, 0.2) is 36.5 Å². The summed E-state index contributed by atoms with van der Waals surface area (Å²) in [5, 5.41) is 9.06. The first-order valence-electron chi connectivity index (χ1n) is 8.86. The average molecular weight is 380 g/mol. The lowest BCUT2D eigenvalue weighted by Gasteiger charge is -2.20. The van der Waals surface area contributed by atoms with Gasteiger partial charge in [-0.25, -0.2) is 4.79 Å². The molecule has 0 radical (unpaired) electrons. The Labute approximate surface area is 162 Å². The molecule has 1 saturated heterocycles. The molecule has 8 heteroatoms. The topological polar surface area (TPSA) is 105 Å². The first kappa shape index (κ1) is 19.2. The zero-order chi connectivity index (χ0) is 20.1. The van der Waals surface area contributed by atoms with Crippen LogP contribution in [-0.2, 0) is 4.84 Å². The van der Waals surface area contributed by atoms with E-state index in [0.29, 0.717) is 23.4 Å². The Hall–Kier alpha value is -3.60. The lowest BCUT2D eigenvalue weighted by Crippen LogP contribution is -2.39. The molecule has 3 rings (SSSR count). The molecule has 1 N–H and O–H groups in total. The number of amides is 2. The van der Waals surface area contributed by atoms with E-state index in [1.165, 1.54) is 19.4 Å². The van der Waals surface area contributed by atoms with Gasteiger partial charge in [0, 0.05) is 18.2 Å². The zero-order valence-electron chi connectivity index (χ0n) is 15.6. The Morgan fingerprint density at radius 2 is 2.18 bits per heavy atom. The smallest absolute Gasteiger partial charge is 0.434 e. The summed E-state index contributed by atoms with van der Waals surface area (Å²) in [6.45, 7) is 2.54. The summed E-state index contributed by atoms with van der Waals surface area (Å²) in [6.07, 6.45) is 2.64. The second kappa shape index (κ2) is 8.39. The fraction of sp³-hybridized carbons (Fsp3) is 0.300. The summed E-state index contributed by atoms with van der Waals surface area (Å²) in [5.74, 6) is -0.389. The van der Waals surface area contributed by atoms with Gasteiger partial charge in [-0.05, 0) is 38.0 Å². The number of hydrogen-bond donors (Lipinski definition) is 1. The Bertz CT molecular complexity index is 938. The van der Waals surface area contributed by atoms with Gasteiger partial charge in [0.15, 0.2) is 0 Å². The minimum absolute atomic E-state index is 0.0823. The molecule has 2 heterocycles. The summed E-state index contributed by atoms with van der Waals surface area (Å²) < 4.78 is 5.20. The predicted molar refractivity (Wildman–Crippen MR) is 100 cm³/mol. The van der Waals surface area contributed by atoms with Crippen LogP contribution >= 0.6 is 0 Å². The van der Waals surface area contributed by atoms with Crippen LogP contribution in [0.3, 0.4) is 0 Å². The Morgan fingerprint density at radius 1 is 1.36 bits per heavy atom. The van der Waals surface area contributed by atoms with Crippen molar-refractivity contribution in [1.82, 2.24) is 15.4 Å². The Morgan fingerprint density at radius 3 is 2.86 bits per heavy atom. The fourth-order valence-electron chi connectivity index (χ4n) is 3.10. The van der Waals surface area contributed by atoms with Crippen molar-refractivity contribution in [3.05, 3.63) is 47.7 Å². The number of likely N-dealkylation sites (tertiary alicyclic amines) is 1. The van der Waals surface area contributed by atoms with E-state index in [2.05, 4.69) is 16.5 Å². The minimum Gasteiger partial charge on any atom is -0.494 e. The quantitative estimate of drug-likeness (QED) is 0.821. The molecule has 1 aromatic carbocycles. The van der Waals surface area contributed by atoms with E-state index in [4.69, 9.17) is 14.8 Å². The monoisotopic (exact) mass is 380 g/mol. The fourth-order valence-corrected chi connectivity index (χ4v) is 3.10. The number of rotatable bonds is 3. The number of benzene rings is 1. The maximum atomic E-state index is 12.6. The maximum Gasteiger partial charge on any atom is 0.434 e. The molecular weight excluding hydrogens is 360 g/mol. The van der Waals surface area contributed by atoms with Crippen molar-refractivity contribution >= 4 is 12.0 Å². The molecule has 144 valence electrons. The first-order valence-corrected chi connectivity index (χ1v) is 8.86. The van der Waals surface area contributed by atoms with Gasteiger partial charge in [0.2, 0.25) is 0 Å². The van der Waals surface area contributed by atoms with Crippen molar-refractivity contribution in [2.24, 2.45) is 0 Å². The third kappa shape index (κ3) is 4.04. The lowest BCUT2D eigenvalue weighted by molar-refractivity contribution is 0.0409. The predicted octanol–water partition coefficient (Wildman–Crippen LogP) is 2.89. The molecule has 2 aromatic rings. The third-order valence-corrected chi connectivity index (χ3v) is 4.64. The molecule has 1 atom stereocenters. The van der Waals surface area contributed by atoms with Crippen molar-refractivity contribution < 1.29 is 19.2 Å². The van der Waals surface area contributed by atoms with Crippen LogP contribution in [0, 0.1) is 11.3 Å². The van der Waals surface area contributed by atoms with Crippen molar-refractivity contribution in [3.8, 4) is 23.1 Å². The Kier molecular flexibility index (Phi) is 5.75. The van der Waals surface area contributed by atoms with E-state index in [9.17, 15) is 9.59 Å². The Balaban J connectivity index is 1.78. The van der Waals surface area contributed by atoms with Crippen LogP contribution in [-0.4, -0.2) is 41.6 Å². The number of carbonyl (C=O) groups excluding carboxylic acids is 2. The number of aromatic nitrogens is 1. The summed E-state index contributed by atoms with van der Waals surface area (Å²) in [6, 6.07) is 10.5. The highest BCUT2D eigenvalue weighted by Gasteiger charge is 2.27. The van der Waals surface area contributed by atoms with Gasteiger partial charge < -0.3 is 14.5 Å². The number of methoxy groups -OCH3 is 1. The molecule has 1 unspecified atom stereocenters. The molecular formula is C20H20N4O4. The van der Waals surface area contributed by atoms with Gasteiger partial charge in [-0.15, -0.1) is 0 Å². The summed E-state index contributed by atoms with van der Waals surface area (Å²) in [4.78, 5) is 35.5. The van der Waals surface area contributed by atoms with E-state index >= 15 is 0 Å². The number of pyridine rings is 1. The number of ether oxygens (including phenoxy) is 1. The molecule has 0 saturated carbocycles. The molecule has 8 nitrogen and oxygen atoms in total. The van der Waals surface area contributed by atoms with E-state index in [1.54, 1.807) is 29.2 Å². The molecule has 0 spiro atoms.